The van der Waals surface area contributed by atoms with E-state index in [4.69, 9.17) is 0 Å². The van der Waals surface area contributed by atoms with E-state index in [0.29, 0.717) is 0 Å². The standard InChI is InChI=1S/C6H13N3.ClH.Na.H/c1-4-5-7-6-8-9(2)3;;;/h4-5H2,1-3H3;1H;;. The maximum atomic E-state index is 3.87. The van der Waals surface area contributed by atoms with E-state index in [-0.39, 0.29) is 42.0 Å². The molecule has 0 N–H and O–H groups in total. The summed E-state index contributed by atoms with van der Waals surface area (Å²) in [4.78, 5) is 3.87. The molecule has 0 bridgehead atoms. The van der Waals surface area contributed by atoms with Crippen molar-refractivity contribution in [3.8, 4) is 0 Å². The fourth-order valence-electron chi connectivity index (χ4n) is 0.283. The van der Waals surface area contributed by atoms with Crippen molar-refractivity contribution in [1.82, 2.24) is 5.01 Å². The molecular weight excluding hydrogens is 173 g/mol. The van der Waals surface area contributed by atoms with Crippen molar-refractivity contribution >= 4 is 48.0 Å². The zero-order valence-corrected chi connectivity index (χ0v) is 7.48. The molecule has 0 aromatic rings. The van der Waals surface area contributed by atoms with E-state index in [1.165, 1.54) is 0 Å². The van der Waals surface area contributed by atoms with Crippen molar-refractivity contribution in [2.24, 2.45) is 10.1 Å². The van der Waals surface area contributed by atoms with E-state index in [0.717, 1.165) is 13.0 Å². The van der Waals surface area contributed by atoms with Crippen LogP contribution in [0.3, 0.4) is 0 Å². The summed E-state index contributed by atoms with van der Waals surface area (Å²) in [5, 5.41) is 5.44. The Bertz CT molecular complexity index is 121. The van der Waals surface area contributed by atoms with Gasteiger partial charge in [-0.1, -0.05) is 6.92 Å². The number of hydrogen-bond acceptors (Lipinski definition) is 3. The maximum absolute atomic E-state index is 3.87. The quantitative estimate of drug-likeness (QED) is 0.365. The Hall–Kier alpha value is 0.470. The summed E-state index contributed by atoms with van der Waals surface area (Å²) in [5.74, 6) is 0. The Labute approximate surface area is 96.7 Å². The first-order valence-corrected chi connectivity index (χ1v) is 3.06. The first-order valence-electron chi connectivity index (χ1n) is 3.06. The molecule has 0 aliphatic rings. The summed E-state index contributed by atoms with van der Waals surface area (Å²) in [5.41, 5.74) is 0. The molecule has 0 saturated heterocycles. The van der Waals surface area contributed by atoms with Crippen LogP contribution in [0.4, 0.5) is 0 Å². The third kappa shape index (κ3) is 17.9. The second-order valence-electron chi connectivity index (χ2n) is 1.93. The van der Waals surface area contributed by atoms with Crippen molar-refractivity contribution in [3.63, 3.8) is 0 Å². The molecule has 0 saturated carbocycles. The van der Waals surface area contributed by atoms with Gasteiger partial charge in [0.25, 0.3) is 0 Å². The molecule has 0 amide bonds. The van der Waals surface area contributed by atoms with E-state index >= 15 is 0 Å². The fraction of sp³-hybridized carbons (Fsp3) is 0.833. The molecule has 0 aliphatic carbocycles. The van der Waals surface area contributed by atoms with E-state index in [1.54, 1.807) is 5.01 Å². The molecule has 11 heavy (non-hydrogen) atoms. The summed E-state index contributed by atoms with van der Waals surface area (Å²) in [6, 6.07) is 2.56. The van der Waals surface area contributed by atoms with Gasteiger partial charge in [-0.3, -0.25) is 5.01 Å². The molecular formula is C6H15ClN3Na. The van der Waals surface area contributed by atoms with E-state index in [1.807, 2.05) is 14.1 Å². The first kappa shape index (κ1) is 17.5. The zero-order chi connectivity index (χ0) is 7.11. The third-order valence-corrected chi connectivity index (χ3v) is 0.651. The molecule has 62 valence electrons. The molecule has 0 spiro atoms. The Balaban J connectivity index is -0.000000320. The van der Waals surface area contributed by atoms with Crippen LogP contribution in [0.1, 0.15) is 13.3 Å². The summed E-state index contributed by atoms with van der Waals surface area (Å²) in [7, 11) is 3.68. The van der Waals surface area contributed by atoms with Crippen LogP contribution in [-0.4, -0.2) is 61.2 Å². The number of aliphatic imine (C=N–C) groups is 1. The van der Waals surface area contributed by atoms with Gasteiger partial charge in [-0.05, 0) is 6.42 Å². The SMILES string of the molecule is CCCN=C=NN(C)C.Cl.[NaH]. The van der Waals surface area contributed by atoms with Crippen molar-refractivity contribution < 1.29 is 0 Å². The average molecular weight is 188 g/mol. The van der Waals surface area contributed by atoms with Crippen LogP contribution in [0, 0.1) is 0 Å². The molecule has 5 heteroatoms. The first-order chi connectivity index (χ1) is 4.27. The molecule has 0 radical (unpaired) electrons. The third-order valence-electron chi connectivity index (χ3n) is 0.651. The predicted molar refractivity (Wildman–Crippen MR) is 53.1 cm³/mol. The monoisotopic (exact) mass is 187 g/mol. The van der Waals surface area contributed by atoms with Crippen LogP contribution in [0.15, 0.2) is 10.1 Å². The summed E-state index contributed by atoms with van der Waals surface area (Å²) < 4.78 is 0. The van der Waals surface area contributed by atoms with Gasteiger partial charge in [-0.15, -0.1) is 17.5 Å². The van der Waals surface area contributed by atoms with Crippen LogP contribution in [-0.2, 0) is 0 Å². The van der Waals surface area contributed by atoms with Gasteiger partial charge in [0.1, 0.15) is 6.01 Å². The minimum absolute atomic E-state index is 0. The fourth-order valence-corrected chi connectivity index (χ4v) is 0.283. The number of rotatable bonds is 3. The summed E-state index contributed by atoms with van der Waals surface area (Å²) in [6.45, 7) is 2.89. The molecule has 0 aromatic heterocycles. The van der Waals surface area contributed by atoms with Gasteiger partial charge in [-0.25, -0.2) is 4.99 Å². The molecule has 0 heterocycles. The van der Waals surface area contributed by atoms with Gasteiger partial charge in [-0.2, -0.15) is 0 Å². The normalized spacial score (nSPS) is 6.45. The van der Waals surface area contributed by atoms with Crippen LogP contribution >= 0.6 is 12.4 Å². The van der Waals surface area contributed by atoms with Crippen molar-refractivity contribution in [1.29, 1.82) is 0 Å². The van der Waals surface area contributed by atoms with Crippen molar-refractivity contribution in [2.75, 3.05) is 20.6 Å². The van der Waals surface area contributed by atoms with Crippen molar-refractivity contribution in [2.45, 2.75) is 13.3 Å². The Kier molecular flexibility index (Phi) is 20.9. The number of halogens is 1. The molecule has 0 aromatic carbocycles. The van der Waals surface area contributed by atoms with Crippen LogP contribution in [0.25, 0.3) is 0 Å². The minimum atomic E-state index is 0. The topological polar surface area (TPSA) is 28.0 Å². The van der Waals surface area contributed by atoms with E-state index in [9.17, 15) is 0 Å². The second-order valence-corrected chi connectivity index (χ2v) is 1.93. The molecule has 0 aliphatic heterocycles. The van der Waals surface area contributed by atoms with Gasteiger partial charge >= 0.3 is 29.6 Å². The Morgan fingerprint density at radius 3 is 2.27 bits per heavy atom. The molecule has 3 nitrogen and oxygen atoms in total. The van der Waals surface area contributed by atoms with Crippen LogP contribution < -0.4 is 0 Å². The number of hydrazone groups is 1. The molecule has 0 unspecified atom stereocenters. The predicted octanol–water partition coefficient (Wildman–Crippen LogP) is 0.820. The zero-order valence-electron chi connectivity index (χ0n) is 6.66. The van der Waals surface area contributed by atoms with E-state index < -0.39 is 0 Å². The van der Waals surface area contributed by atoms with Crippen molar-refractivity contribution in [3.05, 3.63) is 0 Å². The average Bonchev–Trinajstić information content (AvgIpc) is 1.80. The Morgan fingerprint density at radius 2 is 1.91 bits per heavy atom. The van der Waals surface area contributed by atoms with Gasteiger partial charge in [0.2, 0.25) is 0 Å². The summed E-state index contributed by atoms with van der Waals surface area (Å²) >= 11 is 0. The van der Waals surface area contributed by atoms with Gasteiger partial charge in [0.05, 0.1) is 0 Å². The number of nitrogens with zero attached hydrogens (tertiary/aromatic N) is 3. The van der Waals surface area contributed by atoms with Crippen LogP contribution in [0.5, 0.6) is 0 Å². The van der Waals surface area contributed by atoms with Gasteiger partial charge in [0, 0.05) is 20.6 Å². The molecule has 0 fully saturated rings. The van der Waals surface area contributed by atoms with Gasteiger partial charge < -0.3 is 0 Å². The molecule has 0 rings (SSSR count). The Morgan fingerprint density at radius 1 is 1.36 bits per heavy atom. The summed E-state index contributed by atoms with van der Waals surface area (Å²) in [6.07, 6.45) is 1.05. The van der Waals surface area contributed by atoms with Gasteiger partial charge in [0.15, 0.2) is 0 Å². The second kappa shape index (κ2) is 13.1. The van der Waals surface area contributed by atoms with E-state index in [2.05, 4.69) is 23.0 Å². The molecule has 0 atom stereocenters. The number of hydrogen-bond donors (Lipinski definition) is 0. The van der Waals surface area contributed by atoms with Crippen LogP contribution in [0.2, 0.25) is 0 Å².